The Morgan fingerprint density at radius 2 is 1.57 bits per heavy atom. The van der Waals surface area contributed by atoms with Crippen LogP contribution in [0.15, 0.2) is 59.5 Å². The minimum Gasteiger partial charge on any atom is -0.494 e. The number of ether oxygens (including phenoxy) is 3. The highest BCUT2D eigenvalue weighted by atomic mass is 32.2. The van der Waals surface area contributed by atoms with E-state index in [1.807, 2.05) is 0 Å². The number of methoxy groups -OCH3 is 3. The zero-order valence-corrected chi connectivity index (χ0v) is 24.8. The Labute approximate surface area is 241 Å². The zero-order chi connectivity index (χ0) is 30.8. The molecule has 0 aliphatic heterocycles. The number of rotatable bonds is 11. The van der Waals surface area contributed by atoms with Gasteiger partial charge in [-0.1, -0.05) is 18.2 Å². The number of nitrogens with zero attached hydrogens (tertiary/aromatic N) is 4. The maximum absolute atomic E-state index is 13.9. The van der Waals surface area contributed by atoms with Crippen LogP contribution in [0, 0.1) is 5.82 Å². The summed E-state index contributed by atoms with van der Waals surface area (Å²) < 4.78 is 85.5. The number of hydrogen-bond donors (Lipinski definition) is 2. The number of nitrogens with one attached hydrogen (secondary N) is 1. The molecule has 42 heavy (non-hydrogen) atoms. The normalized spacial score (nSPS) is 13.3. The van der Waals surface area contributed by atoms with E-state index >= 15 is 0 Å². The van der Waals surface area contributed by atoms with Gasteiger partial charge in [-0.3, -0.25) is 9.29 Å². The van der Waals surface area contributed by atoms with Crippen LogP contribution in [0.5, 0.6) is 17.4 Å². The highest BCUT2D eigenvalue weighted by Gasteiger charge is 2.35. The molecule has 0 aliphatic carbocycles. The van der Waals surface area contributed by atoms with Crippen LogP contribution >= 0.6 is 0 Å². The summed E-state index contributed by atoms with van der Waals surface area (Å²) in [4.78, 5) is 3.84. The summed E-state index contributed by atoms with van der Waals surface area (Å²) in [5, 5.41) is 17.6. The molecule has 2 N–H and O–H groups in total. The van der Waals surface area contributed by atoms with E-state index in [9.17, 15) is 26.3 Å². The van der Waals surface area contributed by atoms with Crippen molar-refractivity contribution in [3.8, 4) is 34.6 Å². The summed E-state index contributed by atoms with van der Waals surface area (Å²) in [6.07, 6.45) is -1.04. The number of aliphatic hydroxyl groups is 1. The van der Waals surface area contributed by atoms with Gasteiger partial charge in [0.1, 0.15) is 33.9 Å². The third kappa shape index (κ3) is 6.00. The van der Waals surface area contributed by atoms with Gasteiger partial charge in [-0.2, -0.15) is 0 Å². The second-order valence-electron chi connectivity index (χ2n) is 9.01. The Kier molecular flexibility index (Phi) is 8.70. The summed E-state index contributed by atoms with van der Waals surface area (Å²) in [7, 11) is -4.28. The molecule has 0 aliphatic rings. The fourth-order valence-electron chi connectivity index (χ4n) is 4.15. The van der Waals surface area contributed by atoms with Gasteiger partial charge in [0.15, 0.2) is 15.7 Å². The van der Waals surface area contributed by atoms with Crippen molar-refractivity contribution in [2.75, 3.05) is 32.3 Å². The number of benzene rings is 2. The molecule has 0 bridgehead atoms. The SMILES string of the molecule is COc1cccc(-c2nnc(NS(=O)(=O)C(C)C(O)c3ccc(F)cc3S(C)(=O)=O)n2-c2c(OC)cccc2OC)n1. The van der Waals surface area contributed by atoms with Crippen LogP contribution in [0.3, 0.4) is 0 Å². The zero-order valence-electron chi connectivity index (χ0n) is 23.1. The summed E-state index contributed by atoms with van der Waals surface area (Å²) >= 11 is 0. The Morgan fingerprint density at radius 1 is 0.929 bits per heavy atom. The molecule has 2 heterocycles. The van der Waals surface area contributed by atoms with Crippen LogP contribution < -0.4 is 18.9 Å². The highest BCUT2D eigenvalue weighted by molar-refractivity contribution is 7.93. The first-order valence-corrected chi connectivity index (χ1v) is 15.6. The Morgan fingerprint density at radius 3 is 2.17 bits per heavy atom. The van der Waals surface area contributed by atoms with Gasteiger partial charge < -0.3 is 19.3 Å². The van der Waals surface area contributed by atoms with E-state index < -0.39 is 41.9 Å². The molecular formula is C26H28FN5O8S2. The van der Waals surface area contributed by atoms with Gasteiger partial charge >= 0.3 is 0 Å². The Balaban J connectivity index is 1.86. The monoisotopic (exact) mass is 621 g/mol. The average Bonchev–Trinajstić information content (AvgIpc) is 3.37. The number of halogens is 1. The van der Waals surface area contributed by atoms with Gasteiger partial charge in [0.2, 0.25) is 21.9 Å². The van der Waals surface area contributed by atoms with E-state index in [-0.39, 0.29) is 46.1 Å². The van der Waals surface area contributed by atoms with Crippen LogP contribution in [0.1, 0.15) is 18.6 Å². The molecule has 2 unspecified atom stereocenters. The summed E-state index contributed by atoms with van der Waals surface area (Å²) in [5.74, 6) is -0.294. The lowest BCUT2D eigenvalue weighted by molar-refractivity contribution is 0.173. The van der Waals surface area contributed by atoms with E-state index in [2.05, 4.69) is 19.9 Å². The largest absolute Gasteiger partial charge is 0.494 e. The average molecular weight is 622 g/mol. The molecule has 0 radical (unpaired) electrons. The molecule has 0 spiro atoms. The lowest BCUT2D eigenvalue weighted by Gasteiger charge is -2.23. The minimum atomic E-state index is -4.52. The second kappa shape index (κ2) is 11.9. The number of para-hydroxylation sites is 1. The molecule has 16 heteroatoms. The fourth-order valence-corrected chi connectivity index (χ4v) is 6.15. The quantitative estimate of drug-likeness (QED) is 0.252. The predicted octanol–water partition coefficient (Wildman–Crippen LogP) is 2.76. The minimum absolute atomic E-state index is 0.0838. The Bertz CT molecular complexity index is 1810. The van der Waals surface area contributed by atoms with Crippen molar-refractivity contribution >= 4 is 25.8 Å². The second-order valence-corrected chi connectivity index (χ2v) is 13.0. The number of anilines is 1. The first kappa shape index (κ1) is 30.7. The van der Waals surface area contributed by atoms with Crippen LogP contribution in [0.4, 0.5) is 10.3 Å². The van der Waals surface area contributed by atoms with Gasteiger partial charge in [0.05, 0.1) is 32.3 Å². The van der Waals surface area contributed by atoms with Crippen LogP contribution in [0.25, 0.3) is 17.2 Å². The van der Waals surface area contributed by atoms with E-state index in [0.717, 1.165) is 31.4 Å². The first-order chi connectivity index (χ1) is 19.8. The van der Waals surface area contributed by atoms with Gasteiger partial charge in [-0.25, -0.2) is 26.2 Å². The van der Waals surface area contributed by atoms with Crippen LogP contribution in [-0.4, -0.2) is 74.5 Å². The van der Waals surface area contributed by atoms with Crippen molar-refractivity contribution in [3.63, 3.8) is 0 Å². The molecule has 0 fully saturated rings. The van der Waals surface area contributed by atoms with Crippen molar-refractivity contribution in [2.24, 2.45) is 0 Å². The van der Waals surface area contributed by atoms with Crippen molar-refractivity contribution in [1.29, 1.82) is 0 Å². The smallest absolute Gasteiger partial charge is 0.243 e. The topological polar surface area (TPSA) is 172 Å². The van der Waals surface area contributed by atoms with Crippen molar-refractivity contribution in [3.05, 3.63) is 66.0 Å². The molecule has 4 aromatic rings. The van der Waals surface area contributed by atoms with Gasteiger partial charge in [0.25, 0.3) is 0 Å². The number of aliphatic hydroxyl groups excluding tert-OH is 1. The molecular weight excluding hydrogens is 593 g/mol. The van der Waals surface area contributed by atoms with E-state index in [1.54, 1.807) is 36.4 Å². The lowest BCUT2D eigenvalue weighted by atomic mass is 10.1. The molecule has 2 aromatic heterocycles. The molecule has 2 aromatic carbocycles. The number of aromatic nitrogens is 4. The third-order valence-corrected chi connectivity index (χ3v) is 9.17. The summed E-state index contributed by atoms with van der Waals surface area (Å²) in [5.41, 5.74) is 0.208. The molecule has 0 amide bonds. The highest BCUT2D eigenvalue weighted by Crippen LogP contribution is 2.38. The predicted molar refractivity (Wildman–Crippen MR) is 151 cm³/mol. The maximum Gasteiger partial charge on any atom is 0.243 e. The number of pyridine rings is 1. The van der Waals surface area contributed by atoms with Gasteiger partial charge in [-0.15, -0.1) is 10.2 Å². The summed E-state index contributed by atoms with van der Waals surface area (Å²) in [6.45, 7) is 1.16. The Hall–Kier alpha value is -4.28. The van der Waals surface area contributed by atoms with Crippen molar-refractivity contribution in [1.82, 2.24) is 19.7 Å². The molecule has 4 rings (SSSR count). The molecule has 2 atom stereocenters. The first-order valence-electron chi connectivity index (χ1n) is 12.2. The van der Waals surface area contributed by atoms with E-state index in [4.69, 9.17) is 14.2 Å². The van der Waals surface area contributed by atoms with E-state index in [1.165, 1.54) is 25.9 Å². The third-order valence-electron chi connectivity index (χ3n) is 6.31. The van der Waals surface area contributed by atoms with Crippen molar-refractivity contribution < 1.29 is 40.5 Å². The standard InChI is InChI=1S/C26H28FN5O8S2/c1-15(24(33)17-13-12-16(27)14-21(17)41(5,34)35)42(36,37)31-26-30-29-25(18-8-6-11-22(28-18)40-4)32(26)23-19(38-2)9-7-10-20(23)39-3/h6-15,24,33H,1-5H3,(H,30,31). The van der Waals surface area contributed by atoms with Crippen LogP contribution in [0.2, 0.25) is 0 Å². The van der Waals surface area contributed by atoms with Crippen LogP contribution in [-0.2, 0) is 19.9 Å². The summed E-state index contributed by atoms with van der Waals surface area (Å²) in [6, 6.07) is 12.5. The molecule has 0 saturated carbocycles. The number of sulfonamides is 1. The molecule has 224 valence electrons. The molecule has 0 saturated heterocycles. The lowest BCUT2D eigenvalue weighted by Crippen LogP contribution is -2.32. The number of sulfone groups is 1. The fraction of sp³-hybridized carbons (Fsp3) is 0.269. The van der Waals surface area contributed by atoms with Crippen molar-refractivity contribution in [2.45, 2.75) is 23.2 Å². The van der Waals surface area contributed by atoms with Gasteiger partial charge in [-0.05, 0) is 37.3 Å². The molecule has 13 nitrogen and oxygen atoms in total. The maximum atomic E-state index is 13.9. The number of hydrogen-bond acceptors (Lipinski definition) is 11. The van der Waals surface area contributed by atoms with Gasteiger partial charge in [0, 0.05) is 17.9 Å². The van der Waals surface area contributed by atoms with E-state index in [0.29, 0.717) is 0 Å².